The van der Waals surface area contributed by atoms with Gasteiger partial charge in [-0.15, -0.1) is 0 Å². The molecular weight excluding hydrogens is 510 g/mol. The molecule has 1 heterocycles. The number of aromatic nitrogens is 1. The van der Waals surface area contributed by atoms with Crippen molar-refractivity contribution in [3.63, 3.8) is 0 Å². The van der Waals surface area contributed by atoms with Gasteiger partial charge in [-0.1, -0.05) is 53.2 Å². The minimum absolute atomic E-state index is 0.136. The fraction of sp³-hybridized carbons (Fsp3) is 0.400. The van der Waals surface area contributed by atoms with Crippen LogP contribution >= 0.6 is 0 Å². The van der Waals surface area contributed by atoms with Crippen molar-refractivity contribution in [2.45, 2.75) is 65.3 Å². The number of pyridine rings is 1. The Morgan fingerprint density at radius 3 is 2.15 bits per heavy atom. The third-order valence-electron chi connectivity index (χ3n) is 7.56. The molecule has 6 nitrogen and oxygen atoms in total. The van der Waals surface area contributed by atoms with Gasteiger partial charge in [0, 0.05) is 35.1 Å². The number of nitrogens with zero attached hydrogens (tertiary/aromatic N) is 2. The number of nitrogens with one attached hydrogen (secondary N) is 1. The lowest BCUT2D eigenvalue weighted by Crippen LogP contribution is -2.32. The highest BCUT2D eigenvalue weighted by atomic mass is 16.5. The standard InChI is InChI=1S/C35H45N3O3/c1-8-10-28(38(6)9-2)20-22-40-34-24-31-30(23-33(34)39-7)32(19-21-36-31)41-29-17-15-27(16-18-29)37-26-13-11-25(12-14-26)35(3,4)5/h11-19,21,23-24,28,37H,8-10,20,22H2,1-7H3. The third kappa shape index (κ3) is 7.92. The van der Waals surface area contributed by atoms with E-state index in [1.165, 1.54) is 5.56 Å². The summed E-state index contributed by atoms with van der Waals surface area (Å²) in [4.78, 5) is 6.97. The number of hydrogen-bond donors (Lipinski definition) is 1. The summed E-state index contributed by atoms with van der Waals surface area (Å²) in [5, 5.41) is 4.33. The van der Waals surface area contributed by atoms with Crippen LogP contribution in [0.1, 0.15) is 59.4 Å². The smallest absolute Gasteiger partial charge is 0.163 e. The Kier molecular flexibility index (Phi) is 10.1. The average molecular weight is 556 g/mol. The van der Waals surface area contributed by atoms with Crippen LogP contribution in [-0.4, -0.2) is 43.2 Å². The average Bonchev–Trinajstić information content (AvgIpc) is 2.97. The molecule has 0 radical (unpaired) electrons. The molecule has 0 bridgehead atoms. The molecule has 0 aliphatic heterocycles. The molecule has 0 aliphatic rings. The van der Waals surface area contributed by atoms with E-state index in [2.05, 4.69) is 81.1 Å². The van der Waals surface area contributed by atoms with Gasteiger partial charge in [-0.3, -0.25) is 4.98 Å². The van der Waals surface area contributed by atoms with Gasteiger partial charge in [-0.25, -0.2) is 0 Å². The second-order valence-electron chi connectivity index (χ2n) is 11.6. The lowest BCUT2D eigenvalue weighted by atomic mass is 9.87. The summed E-state index contributed by atoms with van der Waals surface area (Å²) >= 11 is 0. The predicted octanol–water partition coefficient (Wildman–Crippen LogP) is 8.97. The molecule has 1 aromatic heterocycles. The van der Waals surface area contributed by atoms with E-state index in [-0.39, 0.29) is 5.41 Å². The molecule has 4 rings (SSSR count). The van der Waals surface area contributed by atoms with Gasteiger partial charge >= 0.3 is 0 Å². The maximum Gasteiger partial charge on any atom is 0.163 e. The molecule has 0 amide bonds. The monoisotopic (exact) mass is 555 g/mol. The van der Waals surface area contributed by atoms with Gasteiger partial charge in [-0.05, 0) is 85.9 Å². The van der Waals surface area contributed by atoms with E-state index in [1.807, 2.05) is 42.5 Å². The summed E-state index contributed by atoms with van der Waals surface area (Å²) in [6.45, 7) is 12.7. The van der Waals surface area contributed by atoms with Crippen molar-refractivity contribution in [3.8, 4) is 23.0 Å². The Morgan fingerprint density at radius 2 is 1.54 bits per heavy atom. The summed E-state index contributed by atoms with van der Waals surface area (Å²) in [7, 11) is 3.84. The first-order valence-electron chi connectivity index (χ1n) is 14.7. The van der Waals surface area contributed by atoms with Crippen molar-refractivity contribution in [1.82, 2.24) is 9.88 Å². The molecule has 0 fully saturated rings. The molecule has 218 valence electrons. The topological polar surface area (TPSA) is 55.9 Å². The normalized spacial score (nSPS) is 12.4. The number of fused-ring (bicyclic) bond motifs is 1. The first-order chi connectivity index (χ1) is 19.7. The third-order valence-corrected chi connectivity index (χ3v) is 7.56. The Labute approximate surface area is 245 Å². The maximum atomic E-state index is 6.30. The predicted molar refractivity (Wildman–Crippen MR) is 170 cm³/mol. The van der Waals surface area contributed by atoms with E-state index in [4.69, 9.17) is 14.2 Å². The highest BCUT2D eigenvalue weighted by Gasteiger charge is 2.16. The number of benzene rings is 3. The number of anilines is 2. The van der Waals surface area contributed by atoms with Crippen LogP contribution in [0.4, 0.5) is 11.4 Å². The Hall–Kier alpha value is -3.77. The SMILES string of the molecule is CCCC(CCOc1cc2nccc(Oc3ccc(Nc4ccc(C(C)(C)C)cc4)cc3)c2cc1OC)N(C)CC. The molecule has 0 aliphatic carbocycles. The van der Waals surface area contributed by atoms with Crippen LogP contribution in [0.15, 0.2) is 72.9 Å². The van der Waals surface area contributed by atoms with Gasteiger partial charge in [0.15, 0.2) is 11.5 Å². The first kappa shape index (κ1) is 30.2. The van der Waals surface area contributed by atoms with E-state index in [0.29, 0.717) is 29.9 Å². The van der Waals surface area contributed by atoms with Gasteiger partial charge in [0.25, 0.3) is 0 Å². The van der Waals surface area contributed by atoms with Crippen molar-refractivity contribution < 1.29 is 14.2 Å². The van der Waals surface area contributed by atoms with Crippen molar-refractivity contribution in [3.05, 3.63) is 78.5 Å². The molecule has 41 heavy (non-hydrogen) atoms. The van der Waals surface area contributed by atoms with Crippen molar-refractivity contribution in [2.75, 3.05) is 32.6 Å². The molecule has 6 heteroatoms. The Balaban J connectivity index is 1.45. The molecule has 4 aromatic rings. The fourth-order valence-corrected chi connectivity index (χ4v) is 4.92. The van der Waals surface area contributed by atoms with Crippen LogP contribution in [0.2, 0.25) is 0 Å². The quantitative estimate of drug-likeness (QED) is 0.178. The highest BCUT2D eigenvalue weighted by molar-refractivity contribution is 5.88. The summed E-state index contributed by atoms with van der Waals surface area (Å²) in [6, 6.07) is 22.8. The van der Waals surface area contributed by atoms with Crippen LogP contribution in [0.3, 0.4) is 0 Å². The van der Waals surface area contributed by atoms with E-state index in [0.717, 1.165) is 53.8 Å². The number of rotatable bonds is 13. The Morgan fingerprint density at radius 1 is 0.854 bits per heavy atom. The van der Waals surface area contributed by atoms with Gasteiger partial charge in [0.05, 0.1) is 19.2 Å². The maximum absolute atomic E-state index is 6.30. The molecule has 1 unspecified atom stereocenters. The van der Waals surface area contributed by atoms with E-state index >= 15 is 0 Å². The van der Waals surface area contributed by atoms with E-state index in [1.54, 1.807) is 13.3 Å². The van der Waals surface area contributed by atoms with Gasteiger partial charge in [0.1, 0.15) is 11.5 Å². The highest BCUT2D eigenvalue weighted by Crippen LogP contribution is 2.37. The lowest BCUT2D eigenvalue weighted by molar-refractivity contribution is 0.188. The van der Waals surface area contributed by atoms with Gasteiger partial charge in [0.2, 0.25) is 0 Å². The molecule has 0 saturated heterocycles. The molecule has 3 aromatic carbocycles. The lowest BCUT2D eigenvalue weighted by Gasteiger charge is -2.26. The van der Waals surface area contributed by atoms with Crippen LogP contribution in [-0.2, 0) is 5.41 Å². The number of hydrogen-bond acceptors (Lipinski definition) is 6. The molecule has 1 atom stereocenters. The van der Waals surface area contributed by atoms with Crippen LogP contribution in [0, 0.1) is 0 Å². The van der Waals surface area contributed by atoms with Crippen molar-refractivity contribution >= 4 is 22.3 Å². The largest absolute Gasteiger partial charge is 0.493 e. The zero-order chi connectivity index (χ0) is 29.4. The van der Waals surface area contributed by atoms with Crippen molar-refractivity contribution in [1.29, 1.82) is 0 Å². The van der Waals surface area contributed by atoms with E-state index in [9.17, 15) is 0 Å². The second-order valence-corrected chi connectivity index (χ2v) is 11.6. The van der Waals surface area contributed by atoms with Gasteiger partial charge < -0.3 is 24.4 Å². The van der Waals surface area contributed by atoms with Crippen LogP contribution in [0.25, 0.3) is 10.9 Å². The summed E-state index contributed by atoms with van der Waals surface area (Å²) < 4.78 is 18.2. The zero-order valence-corrected chi connectivity index (χ0v) is 25.7. The number of ether oxygens (including phenoxy) is 3. The zero-order valence-electron chi connectivity index (χ0n) is 25.7. The molecular formula is C35H45N3O3. The van der Waals surface area contributed by atoms with Crippen LogP contribution in [0.5, 0.6) is 23.0 Å². The van der Waals surface area contributed by atoms with Crippen molar-refractivity contribution in [2.24, 2.45) is 0 Å². The van der Waals surface area contributed by atoms with E-state index < -0.39 is 0 Å². The fourth-order valence-electron chi connectivity index (χ4n) is 4.92. The minimum Gasteiger partial charge on any atom is -0.493 e. The summed E-state index contributed by atoms with van der Waals surface area (Å²) in [5.41, 5.74) is 4.29. The molecule has 0 saturated carbocycles. The second kappa shape index (κ2) is 13.7. The molecule has 1 N–H and O–H groups in total. The van der Waals surface area contributed by atoms with Crippen LogP contribution < -0.4 is 19.5 Å². The summed E-state index contributed by atoms with van der Waals surface area (Å²) in [6.07, 6.45) is 5.04. The van der Waals surface area contributed by atoms with Gasteiger partial charge in [-0.2, -0.15) is 0 Å². The minimum atomic E-state index is 0.136. The number of methoxy groups -OCH3 is 1. The first-order valence-corrected chi connectivity index (χ1v) is 14.7. The summed E-state index contributed by atoms with van der Waals surface area (Å²) in [5.74, 6) is 2.83. The molecule has 0 spiro atoms. The Bertz CT molecular complexity index is 1400.